The monoisotopic (exact) mass is 591 g/mol. The summed E-state index contributed by atoms with van der Waals surface area (Å²) in [5, 5.41) is 3.03. The van der Waals surface area contributed by atoms with E-state index in [2.05, 4.69) is 12.2 Å². The quantitative estimate of drug-likeness (QED) is 0.263. The molecule has 0 aliphatic carbocycles. The van der Waals surface area contributed by atoms with Crippen LogP contribution in [0.3, 0.4) is 0 Å². The van der Waals surface area contributed by atoms with E-state index in [0.717, 1.165) is 42.4 Å². The highest BCUT2D eigenvalue weighted by atomic mass is 32.2. The molecule has 1 unspecified atom stereocenters. The van der Waals surface area contributed by atoms with Gasteiger partial charge >= 0.3 is 0 Å². The third-order valence-electron chi connectivity index (χ3n) is 7.59. The number of benzene rings is 3. The van der Waals surface area contributed by atoms with Gasteiger partial charge in [0.2, 0.25) is 21.8 Å². The molecule has 0 radical (unpaired) electrons. The molecule has 1 N–H and O–H groups in total. The Hall–Kier alpha value is -3.69. The molecule has 2 amide bonds. The van der Waals surface area contributed by atoms with Crippen molar-refractivity contribution in [3.63, 3.8) is 0 Å². The maximum absolute atomic E-state index is 13.9. The number of hydrogen-bond donors (Lipinski definition) is 1. The molecule has 3 aromatic carbocycles. The van der Waals surface area contributed by atoms with E-state index in [1.54, 1.807) is 36.3 Å². The number of rotatable bonds is 14. The third kappa shape index (κ3) is 7.98. The molecule has 1 heterocycles. The number of carbonyl (C=O) groups excluding carboxylic acids is 2. The number of methoxy groups -OCH3 is 1. The lowest BCUT2D eigenvalue weighted by Crippen LogP contribution is -2.43. The van der Waals surface area contributed by atoms with Crippen molar-refractivity contribution in [2.45, 2.75) is 62.9 Å². The molecule has 1 fully saturated rings. The van der Waals surface area contributed by atoms with E-state index in [-0.39, 0.29) is 29.7 Å². The normalized spacial score (nSPS) is 14.3. The van der Waals surface area contributed by atoms with Crippen LogP contribution in [0.4, 0.5) is 0 Å². The van der Waals surface area contributed by atoms with E-state index in [0.29, 0.717) is 31.8 Å². The predicted molar refractivity (Wildman–Crippen MR) is 163 cm³/mol. The fourth-order valence-electron chi connectivity index (χ4n) is 5.14. The number of sulfonamides is 1. The van der Waals surface area contributed by atoms with Gasteiger partial charge < -0.3 is 15.0 Å². The molecule has 224 valence electrons. The van der Waals surface area contributed by atoms with Crippen molar-refractivity contribution in [2.75, 3.05) is 26.7 Å². The standard InChI is InChI=1S/C33H41N3O5S/c1-3-4-22-34-33(38)32(28-10-6-5-7-11-28)36(25-27-12-17-29(41-2)18-13-27)31(37)21-16-26-14-19-30(20-15-26)42(39,40)35-23-8-9-24-35/h5-7,10-15,17-20,32H,3-4,8-9,16,21-25H2,1-2H3,(H,34,38). The Morgan fingerprint density at radius 2 is 1.57 bits per heavy atom. The van der Waals surface area contributed by atoms with Gasteiger partial charge in [0.25, 0.3) is 0 Å². The number of nitrogens with zero attached hydrogens (tertiary/aromatic N) is 2. The molecular formula is C33H41N3O5S. The Balaban J connectivity index is 1.56. The molecule has 9 heteroatoms. The van der Waals surface area contributed by atoms with Gasteiger partial charge in [-0.05, 0) is 66.6 Å². The van der Waals surface area contributed by atoms with Gasteiger partial charge in [0, 0.05) is 32.6 Å². The Morgan fingerprint density at radius 3 is 2.19 bits per heavy atom. The summed E-state index contributed by atoms with van der Waals surface area (Å²) in [6.45, 7) is 3.95. The minimum absolute atomic E-state index is 0.167. The molecule has 42 heavy (non-hydrogen) atoms. The zero-order valence-corrected chi connectivity index (χ0v) is 25.3. The van der Waals surface area contributed by atoms with Crippen LogP contribution in [0.1, 0.15) is 61.8 Å². The summed E-state index contributed by atoms with van der Waals surface area (Å²) in [6, 6.07) is 22.8. The second-order valence-corrected chi connectivity index (χ2v) is 12.5. The van der Waals surface area contributed by atoms with Crippen LogP contribution in [-0.2, 0) is 32.6 Å². The number of amides is 2. The second kappa shape index (κ2) is 15.0. The molecule has 1 aliphatic rings. The van der Waals surface area contributed by atoms with Crippen LogP contribution in [0, 0.1) is 0 Å². The summed E-state index contributed by atoms with van der Waals surface area (Å²) in [4.78, 5) is 29.4. The molecular weight excluding hydrogens is 550 g/mol. The number of carbonyl (C=O) groups is 2. The number of ether oxygens (including phenoxy) is 1. The summed E-state index contributed by atoms with van der Waals surface area (Å²) in [5.41, 5.74) is 2.48. The Kier molecular flexibility index (Phi) is 11.1. The van der Waals surface area contributed by atoms with Gasteiger partial charge in [-0.2, -0.15) is 4.31 Å². The van der Waals surface area contributed by atoms with Gasteiger partial charge in [0.15, 0.2) is 0 Å². The third-order valence-corrected chi connectivity index (χ3v) is 9.50. The first-order chi connectivity index (χ1) is 20.3. The average molecular weight is 592 g/mol. The highest BCUT2D eigenvalue weighted by Crippen LogP contribution is 2.26. The van der Waals surface area contributed by atoms with E-state index in [1.165, 1.54) is 4.31 Å². The molecule has 3 aromatic rings. The highest BCUT2D eigenvalue weighted by molar-refractivity contribution is 7.89. The van der Waals surface area contributed by atoms with E-state index < -0.39 is 16.1 Å². The Bertz CT molecular complexity index is 1400. The number of aryl methyl sites for hydroxylation is 1. The van der Waals surface area contributed by atoms with Crippen LogP contribution in [0.5, 0.6) is 5.75 Å². The molecule has 0 spiro atoms. The first-order valence-electron chi connectivity index (χ1n) is 14.7. The minimum Gasteiger partial charge on any atom is -0.497 e. The van der Waals surface area contributed by atoms with E-state index in [4.69, 9.17) is 4.74 Å². The predicted octanol–water partition coefficient (Wildman–Crippen LogP) is 5.10. The second-order valence-electron chi connectivity index (χ2n) is 10.6. The SMILES string of the molecule is CCCCNC(=O)C(c1ccccc1)N(Cc1ccc(OC)cc1)C(=O)CCc1ccc(S(=O)(=O)N2CCCC2)cc1. The van der Waals surface area contributed by atoms with Crippen LogP contribution in [0.2, 0.25) is 0 Å². The maximum Gasteiger partial charge on any atom is 0.247 e. The van der Waals surface area contributed by atoms with Gasteiger partial charge in [-0.3, -0.25) is 9.59 Å². The topological polar surface area (TPSA) is 96.0 Å². The minimum atomic E-state index is -3.50. The van der Waals surface area contributed by atoms with Crippen molar-refractivity contribution in [3.05, 3.63) is 95.6 Å². The lowest BCUT2D eigenvalue weighted by Gasteiger charge is -2.32. The zero-order chi connectivity index (χ0) is 30.0. The molecule has 8 nitrogen and oxygen atoms in total. The highest BCUT2D eigenvalue weighted by Gasteiger charge is 2.31. The van der Waals surface area contributed by atoms with Crippen molar-refractivity contribution in [3.8, 4) is 5.75 Å². The van der Waals surface area contributed by atoms with Crippen LogP contribution < -0.4 is 10.1 Å². The fourth-order valence-corrected chi connectivity index (χ4v) is 6.66. The van der Waals surface area contributed by atoms with Crippen molar-refractivity contribution in [1.29, 1.82) is 0 Å². The summed E-state index contributed by atoms with van der Waals surface area (Å²) in [5.74, 6) is 0.329. The van der Waals surface area contributed by atoms with Gasteiger partial charge in [-0.15, -0.1) is 0 Å². The average Bonchev–Trinajstić information content (AvgIpc) is 3.57. The van der Waals surface area contributed by atoms with Crippen LogP contribution in [0.15, 0.2) is 83.8 Å². The zero-order valence-electron chi connectivity index (χ0n) is 24.5. The number of hydrogen-bond acceptors (Lipinski definition) is 5. The van der Waals surface area contributed by atoms with Gasteiger partial charge in [0.1, 0.15) is 11.8 Å². The molecule has 1 saturated heterocycles. The lowest BCUT2D eigenvalue weighted by atomic mass is 10.0. The van der Waals surface area contributed by atoms with E-state index in [9.17, 15) is 18.0 Å². The fraction of sp³-hybridized carbons (Fsp3) is 0.394. The van der Waals surface area contributed by atoms with Crippen LogP contribution >= 0.6 is 0 Å². The smallest absolute Gasteiger partial charge is 0.247 e. The first kappa shape index (κ1) is 31.3. The van der Waals surface area contributed by atoms with Gasteiger partial charge in [0.05, 0.1) is 12.0 Å². The molecule has 4 rings (SSSR count). The molecule has 0 aromatic heterocycles. The molecule has 0 bridgehead atoms. The summed E-state index contributed by atoms with van der Waals surface area (Å²) < 4.78 is 32.6. The first-order valence-corrected chi connectivity index (χ1v) is 16.1. The van der Waals surface area contributed by atoms with Crippen molar-refractivity contribution >= 4 is 21.8 Å². The lowest BCUT2D eigenvalue weighted by molar-refractivity contribution is -0.141. The summed E-state index contributed by atoms with van der Waals surface area (Å²) in [6.07, 6.45) is 4.15. The Labute approximate surface area is 249 Å². The van der Waals surface area contributed by atoms with Gasteiger partial charge in [-0.1, -0.05) is 67.9 Å². The maximum atomic E-state index is 13.9. The van der Waals surface area contributed by atoms with Crippen molar-refractivity contribution in [1.82, 2.24) is 14.5 Å². The van der Waals surface area contributed by atoms with E-state index in [1.807, 2.05) is 54.6 Å². The van der Waals surface area contributed by atoms with Crippen LogP contribution in [0.25, 0.3) is 0 Å². The number of nitrogens with one attached hydrogen (secondary N) is 1. The van der Waals surface area contributed by atoms with Crippen LogP contribution in [-0.4, -0.2) is 56.2 Å². The van der Waals surface area contributed by atoms with Crippen molar-refractivity contribution < 1.29 is 22.7 Å². The Morgan fingerprint density at radius 1 is 0.929 bits per heavy atom. The molecule has 1 atom stereocenters. The number of unbranched alkanes of at least 4 members (excludes halogenated alkanes) is 1. The van der Waals surface area contributed by atoms with Gasteiger partial charge in [-0.25, -0.2) is 8.42 Å². The summed E-state index contributed by atoms with van der Waals surface area (Å²) >= 11 is 0. The van der Waals surface area contributed by atoms with E-state index >= 15 is 0 Å². The summed E-state index contributed by atoms with van der Waals surface area (Å²) in [7, 11) is -1.89. The largest absolute Gasteiger partial charge is 0.497 e. The molecule has 0 saturated carbocycles. The molecule has 1 aliphatic heterocycles. The van der Waals surface area contributed by atoms with Crippen molar-refractivity contribution in [2.24, 2.45) is 0 Å².